The molecule has 2 heterocycles. The number of aryl methyl sites for hydroxylation is 1. The fourth-order valence-electron chi connectivity index (χ4n) is 2.69. The third-order valence-corrected chi connectivity index (χ3v) is 4.20. The highest BCUT2D eigenvalue weighted by Crippen LogP contribution is 2.26. The van der Waals surface area contributed by atoms with E-state index in [4.69, 9.17) is 4.74 Å². The molecule has 22 heavy (non-hydrogen) atoms. The Morgan fingerprint density at radius 3 is 3.00 bits per heavy atom. The molecule has 1 aliphatic rings. The lowest BCUT2D eigenvalue weighted by molar-refractivity contribution is -0.121. The van der Waals surface area contributed by atoms with Gasteiger partial charge < -0.3 is 14.6 Å². The third-order valence-electron chi connectivity index (χ3n) is 4.20. The standard InChI is InChI=1S/C17H21N3O2/c1-12-13(2)20(11-19-12)9-17(21)18-8-14-7-15-5-3-4-6-16(15)22-10-14/h3-6,11,14H,7-10H2,1-2H3,(H,18,21)/t14-/m0/s1. The van der Waals surface area contributed by atoms with Gasteiger partial charge in [-0.25, -0.2) is 4.98 Å². The molecule has 2 aromatic rings. The predicted molar refractivity (Wildman–Crippen MR) is 83.8 cm³/mol. The topological polar surface area (TPSA) is 56.2 Å². The highest BCUT2D eigenvalue weighted by molar-refractivity contribution is 5.75. The van der Waals surface area contributed by atoms with Crippen LogP contribution < -0.4 is 10.1 Å². The van der Waals surface area contributed by atoms with Crippen LogP contribution >= 0.6 is 0 Å². The van der Waals surface area contributed by atoms with Gasteiger partial charge in [0.05, 0.1) is 18.6 Å². The van der Waals surface area contributed by atoms with E-state index in [9.17, 15) is 4.79 Å². The monoisotopic (exact) mass is 299 g/mol. The average molecular weight is 299 g/mol. The molecular weight excluding hydrogens is 278 g/mol. The van der Waals surface area contributed by atoms with Crippen molar-refractivity contribution in [2.75, 3.05) is 13.2 Å². The van der Waals surface area contributed by atoms with Crippen molar-refractivity contribution in [2.24, 2.45) is 5.92 Å². The van der Waals surface area contributed by atoms with E-state index in [1.165, 1.54) is 5.56 Å². The maximum Gasteiger partial charge on any atom is 0.239 e. The second-order valence-corrected chi connectivity index (χ2v) is 5.84. The Bertz CT molecular complexity index is 678. The van der Waals surface area contributed by atoms with Crippen molar-refractivity contribution in [3.8, 4) is 5.75 Å². The van der Waals surface area contributed by atoms with E-state index in [-0.39, 0.29) is 5.91 Å². The number of nitrogens with zero attached hydrogens (tertiary/aromatic N) is 2. The molecule has 116 valence electrons. The van der Waals surface area contributed by atoms with Crippen molar-refractivity contribution in [1.82, 2.24) is 14.9 Å². The molecule has 0 fully saturated rings. The molecule has 1 atom stereocenters. The number of aromatic nitrogens is 2. The van der Waals surface area contributed by atoms with Gasteiger partial charge in [-0.2, -0.15) is 0 Å². The molecule has 0 radical (unpaired) electrons. The number of rotatable bonds is 4. The van der Waals surface area contributed by atoms with Crippen LogP contribution in [0.4, 0.5) is 0 Å². The molecular formula is C17H21N3O2. The lowest BCUT2D eigenvalue weighted by Gasteiger charge is -2.25. The van der Waals surface area contributed by atoms with E-state index in [0.29, 0.717) is 25.6 Å². The van der Waals surface area contributed by atoms with Crippen LogP contribution in [0.25, 0.3) is 0 Å². The number of carbonyl (C=O) groups is 1. The van der Waals surface area contributed by atoms with Gasteiger partial charge in [0.1, 0.15) is 12.3 Å². The molecule has 0 spiro atoms. The summed E-state index contributed by atoms with van der Waals surface area (Å²) in [5.74, 6) is 1.30. The number of ether oxygens (including phenoxy) is 1. The molecule has 3 rings (SSSR count). The maximum atomic E-state index is 12.1. The SMILES string of the molecule is Cc1ncn(CC(=O)NC[C@H]2COc3ccccc3C2)c1C. The second-order valence-electron chi connectivity index (χ2n) is 5.84. The fraction of sp³-hybridized carbons (Fsp3) is 0.412. The highest BCUT2D eigenvalue weighted by Gasteiger charge is 2.20. The van der Waals surface area contributed by atoms with Crippen LogP contribution in [0, 0.1) is 19.8 Å². The quantitative estimate of drug-likeness (QED) is 0.937. The van der Waals surface area contributed by atoms with Gasteiger partial charge in [-0.05, 0) is 31.9 Å². The molecule has 0 saturated carbocycles. The van der Waals surface area contributed by atoms with Gasteiger partial charge in [0.25, 0.3) is 0 Å². The number of para-hydroxylation sites is 1. The van der Waals surface area contributed by atoms with Gasteiger partial charge in [0.15, 0.2) is 0 Å². The van der Waals surface area contributed by atoms with E-state index in [1.54, 1.807) is 6.33 Å². The fourth-order valence-corrected chi connectivity index (χ4v) is 2.69. The zero-order valence-corrected chi connectivity index (χ0v) is 13.0. The molecule has 0 unspecified atom stereocenters. The van der Waals surface area contributed by atoms with Crippen LogP contribution in [0.2, 0.25) is 0 Å². The van der Waals surface area contributed by atoms with Crippen LogP contribution in [-0.4, -0.2) is 28.6 Å². The van der Waals surface area contributed by atoms with Gasteiger partial charge in [0.2, 0.25) is 5.91 Å². The first-order chi connectivity index (χ1) is 10.6. The number of fused-ring (bicyclic) bond motifs is 1. The molecule has 0 saturated heterocycles. The van der Waals surface area contributed by atoms with E-state index >= 15 is 0 Å². The third kappa shape index (κ3) is 3.13. The van der Waals surface area contributed by atoms with Crippen LogP contribution in [-0.2, 0) is 17.8 Å². The van der Waals surface area contributed by atoms with Gasteiger partial charge in [0, 0.05) is 18.2 Å². The molecule has 5 heteroatoms. The van der Waals surface area contributed by atoms with E-state index in [1.807, 2.05) is 36.6 Å². The molecule has 1 N–H and O–H groups in total. The number of benzene rings is 1. The molecule has 5 nitrogen and oxygen atoms in total. The van der Waals surface area contributed by atoms with E-state index in [0.717, 1.165) is 23.6 Å². The Morgan fingerprint density at radius 1 is 1.41 bits per heavy atom. The minimum Gasteiger partial charge on any atom is -0.493 e. The van der Waals surface area contributed by atoms with Crippen molar-refractivity contribution in [1.29, 1.82) is 0 Å². The minimum atomic E-state index is 0.0133. The predicted octanol–water partition coefficient (Wildman–Crippen LogP) is 1.87. The second kappa shape index (κ2) is 6.22. The van der Waals surface area contributed by atoms with Crippen molar-refractivity contribution in [3.05, 3.63) is 47.5 Å². The van der Waals surface area contributed by atoms with Crippen LogP contribution in [0.1, 0.15) is 17.0 Å². The van der Waals surface area contributed by atoms with Gasteiger partial charge in [-0.15, -0.1) is 0 Å². The summed E-state index contributed by atoms with van der Waals surface area (Å²) >= 11 is 0. The first kappa shape index (κ1) is 14.6. The number of carbonyl (C=O) groups excluding carboxylic acids is 1. The minimum absolute atomic E-state index is 0.0133. The lowest BCUT2D eigenvalue weighted by atomic mass is 9.97. The summed E-state index contributed by atoms with van der Waals surface area (Å²) in [5.41, 5.74) is 3.21. The number of hydrogen-bond acceptors (Lipinski definition) is 3. The number of hydrogen-bond donors (Lipinski definition) is 1. The summed E-state index contributed by atoms with van der Waals surface area (Å²) in [6.07, 6.45) is 2.66. The molecule has 0 bridgehead atoms. The number of imidazole rings is 1. The molecule has 0 aliphatic carbocycles. The number of nitrogens with one attached hydrogen (secondary N) is 1. The zero-order chi connectivity index (χ0) is 15.5. The Morgan fingerprint density at radius 2 is 2.23 bits per heavy atom. The Kier molecular flexibility index (Phi) is 4.13. The smallest absolute Gasteiger partial charge is 0.239 e. The first-order valence-corrected chi connectivity index (χ1v) is 7.59. The average Bonchev–Trinajstić information content (AvgIpc) is 2.85. The van der Waals surface area contributed by atoms with Crippen LogP contribution in [0.5, 0.6) is 5.75 Å². The largest absolute Gasteiger partial charge is 0.493 e. The van der Waals surface area contributed by atoms with Crippen LogP contribution in [0.15, 0.2) is 30.6 Å². The van der Waals surface area contributed by atoms with E-state index < -0.39 is 0 Å². The first-order valence-electron chi connectivity index (χ1n) is 7.59. The number of amides is 1. The van der Waals surface area contributed by atoms with Crippen molar-refractivity contribution >= 4 is 5.91 Å². The summed E-state index contributed by atoms with van der Waals surface area (Å²) < 4.78 is 7.61. The summed E-state index contributed by atoms with van der Waals surface area (Å²) in [4.78, 5) is 16.3. The van der Waals surface area contributed by atoms with Gasteiger partial charge in [-0.3, -0.25) is 4.79 Å². The molecule has 1 aliphatic heterocycles. The van der Waals surface area contributed by atoms with Gasteiger partial charge in [-0.1, -0.05) is 18.2 Å². The van der Waals surface area contributed by atoms with Crippen LogP contribution in [0.3, 0.4) is 0 Å². The lowest BCUT2D eigenvalue weighted by Crippen LogP contribution is -2.36. The van der Waals surface area contributed by atoms with Crippen molar-refractivity contribution in [3.63, 3.8) is 0 Å². The summed E-state index contributed by atoms with van der Waals surface area (Å²) in [7, 11) is 0. The van der Waals surface area contributed by atoms with Crippen molar-refractivity contribution < 1.29 is 9.53 Å². The Hall–Kier alpha value is -2.30. The summed E-state index contributed by atoms with van der Waals surface area (Å²) in [6, 6.07) is 8.08. The maximum absolute atomic E-state index is 12.1. The molecule has 1 amide bonds. The Balaban J connectivity index is 1.51. The Labute approximate surface area is 130 Å². The molecule has 1 aromatic heterocycles. The molecule has 1 aromatic carbocycles. The zero-order valence-electron chi connectivity index (χ0n) is 13.0. The highest BCUT2D eigenvalue weighted by atomic mass is 16.5. The van der Waals surface area contributed by atoms with Crippen molar-refractivity contribution in [2.45, 2.75) is 26.8 Å². The van der Waals surface area contributed by atoms with E-state index in [2.05, 4.69) is 16.4 Å². The summed E-state index contributed by atoms with van der Waals surface area (Å²) in [5, 5.41) is 3.00. The van der Waals surface area contributed by atoms with Gasteiger partial charge >= 0.3 is 0 Å². The normalized spacial score (nSPS) is 16.7. The summed E-state index contributed by atoms with van der Waals surface area (Å²) in [6.45, 7) is 5.53.